The van der Waals surface area contributed by atoms with E-state index in [1.807, 2.05) is 0 Å². The van der Waals surface area contributed by atoms with E-state index in [4.69, 9.17) is 5.26 Å². The third-order valence-corrected chi connectivity index (χ3v) is 2.93. The highest BCUT2D eigenvalue weighted by Gasteiger charge is 2.20. The van der Waals surface area contributed by atoms with Gasteiger partial charge < -0.3 is 4.74 Å². The third-order valence-electron chi connectivity index (χ3n) is 1.81. The van der Waals surface area contributed by atoms with Crippen molar-refractivity contribution in [3.63, 3.8) is 0 Å². The number of carbonyl (C=O) groups excluding carboxylic acids is 1. The van der Waals surface area contributed by atoms with Gasteiger partial charge in [-0.1, -0.05) is 0 Å². The second-order valence-corrected chi connectivity index (χ2v) is 5.07. The molecule has 0 aliphatic carbocycles. The Bertz CT molecular complexity index is 584. The third kappa shape index (κ3) is 3.74. The van der Waals surface area contributed by atoms with Gasteiger partial charge in [-0.05, 0) is 6.92 Å². The molecule has 0 fully saturated rings. The number of anilines is 1. The van der Waals surface area contributed by atoms with Crippen molar-refractivity contribution in [2.24, 2.45) is 7.05 Å². The van der Waals surface area contributed by atoms with E-state index < -0.39 is 21.7 Å². The fourth-order valence-electron chi connectivity index (χ4n) is 1.19. The molecule has 0 bridgehead atoms. The zero-order valence-electron chi connectivity index (χ0n) is 9.87. The minimum atomic E-state index is -3.93. The van der Waals surface area contributed by atoms with Gasteiger partial charge in [0.15, 0.2) is 11.6 Å². The molecule has 1 aromatic heterocycles. The second kappa shape index (κ2) is 5.50. The number of ether oxygens (including phenoxy) is 1. The maximum absolute atomic E-state index is 11.6. The topological polar surface area (TPSA) is 114 Å². The van der Waals surface area contributed by atoms with Gasteiger partial charge in [-0.25, -0.2) is 8.42 Å². The van der Waals surface area contributed by atoms with Gasteiger partial charge in [0.25, 0.3) is 0 Å². The van der Waals surface area contributed by atoms with Crippen molar-refractivity contribution in [1.82, 2.24) is 9.78 Å². The predicted molar refractivity (Wildman–Crippen MR) is 62.0 cm³/mol. The van der Waals surface area contributed by atoms with E-state index in [0.29, 0.717) is 0 Å². The highest BCUT2D eigenvalue weighted by molar-refractivity contribution is 7.93. The molecule has 1 heterocycles. The van der Waals surface area contributed by atoms with Crippen LogP contribution < -0.4 is 4.72 Å². The Labute approximate surface area is 104 Å². The van der Waals surface area contributed by atoms with Crippen molar-refractivity contribution in [2.45, 2.75) is 6.92 Å². The first-order chi connectivity index (χ1) is 8.38. The molecule has 0 aliphatic heterocycles. The number of nitrogens with zero attached hydrogens (tertiary/aromatic N) is 3. The maximum atomic E-state index is 11.6. The van der Waals surface area contributed by atoms with Crippen molar-refractivity contribution in [1.29, 1.82) is 5.26 Å². The molecular weight excluding hydrogens is 260 g/mol. The summed E-state index contributed by atoms with van der Waals surface area (Å²) in [4.78, 5) is 11.1. The van der Waals surface area contributed by atoms with E-state index in [1.165, 1.54) is 10.9 Å². The molecule has 98 valence electrons. The van der Waals surface area contributed by atoms with Gasteiger partial charge in [0.1, 0.15) is 11.6 Å². The Hall–Kier alpha value is -2.08. The molecule has 0 aromatic carbocycles. The summed E-state index contributed by atoms with van der Waals surface area (Å²) in [5, 5.41) is 12.5. The van der Waals surface area contributed by atoms with E-state index in [9.17, 15) is 13.2 Å². The summed E-state index contributed by atoms with van der Waals surface area (Å²) in [5.41, 5.74) is 0.0740. The van der Waals surface area contributed by atoms with Crippen LogP contribution in [0.2, 0.25) is 0 Å². The first-order valence-electron chi connectivity index (χ1n) is 4.98. The average molecular weight is 272 g/mol. The van der Waals surface area contributed by atoms with Gasteiger partial charge in [0.05, 0.1) is 6.61 Å². The molecule has 9 heteroatoms. The fraction of sp³-hybridized carbons (Fsp3) is 0.444. The van der Waals surface area contributed by atoms with Gasteiger partial charge in [0.2, 0.25) is 10.0 Å². The van der Waals surface area contributed by atoms with Crippen molar-refractivity contribution in [2.75, 3.05) is 17.1 Å². The van der Waals surface area contributed by atoms with Crippen LogP contribution in [0.5, 0.6) is 0 Å². The first-order valence-corrected chi connectivity index (χ1v) is 6.63. The maximum Gasteiger partial charge on any atom is 0.323 e. The minimum Gasteiger partial charge on any atom is -0.465 e. The first kappa shape index (κ1) is 14.0. The number of aromatic nitrogens is 2. The molecule has 0 saturated heterocycles. The van der Waals surface area contributed by atoms with E-state index >= 15 is 0 Å². The van der Waals surface area contributed by atoms with E-state index in [-0.39, 0.29) is 18.0 Å². The predicted octanol–water partition coefficient (Wildman–Crippen LogP) is -0.403. The lowest BCUT2D eigenvalue weighted by Gasteiger charge is -2.05. The summed E-state index contributed by atoms with van der Waals surface area (Å²) in [6.07, 6.45) is 1.36. The zero-order chi connectivity index (χ0) is 13.8. The normalized spacial score (nSPS) is 10.7. The average Bonchev–Trinajstić information content (AvgIpc) is 2.56. The Kier molecular flexibility index (Phi) is 4.28. The van der Waals surface area contributed by atoms with Crippen molar-refractivity contribution in [3.8, 4) is 6.07 Å². The van der Waals surface area contributed by atoms with Crippen molar-refractivity contribution in [3.05, 3.63) is 11.8 Å². The van der Waals surface area contributed by atoms with Crippen molar-refractivity contribution < 1.29 is 17.9 Å². The van der Waals surface area contributed by atoms with E-state index in [0.717, 1.165) is 0 Å². The molecule has 0 unspecified atom stereocenters. The van der Waals surface area contributed by atoms with Gasteiger partial charge in [-0.3, -0.25) is 14.2 Å². The lowest BCUT2D eigenvalue weighted by molar-refractivity contribution is -0.139. The molecule has 1 rings (SSSR count). The van der Waals surface area contributed by atoms with Gasteiger partial charge >= 0.3 is 5.97 Å². The molecule has 0 radical (unpaired) electrons. The summed E-state index contributed by atoms with van der Waals surface area (Å²) >= 11 is 0. The molecular formula is C9H12N4O4S. The number of rotatable bonds is 5. The van der Waals surface area contributed by atoms with Crippen LogP contribution in [0.3, 0.4) is 0 Å². The fourth-order valence-corrected chi connectivity index (χ4v) is 2.10. The number of hydrogen-bond acceptors (Lipinski definition) is 6. The molecule has 1 aromatic rings. The SMILES string of the molecule is CCOC(=O)CS(=O)(=O)Nc1nn(C)cc1C#N. The van der Waals surface area contributed by atoms with Crippen LogP contribution in [0.4, 0.5) is 5.82 Å². The van der Waals surface area contributed by atoms with Gasteiger partial charge in [-0.15, -0.1) is 0 Å². The number of hydrogen-bond donors (Lipinski definition) is 1. The molecule has 8 nitrogen and oxygen atoms in total. The Morgan fingerprint density at radius 2 is 2.33 bits per heavy atom. The van der Waals surface area contributed by atoms with Crippen LogP contribution >= 0.6 is 0 Å². The second-order valence-electron chi connectivity index (χ2n) is 3.34. The van der Waals surface area contributed by atoms with Crippen LogP contribution in [0.25, 0.3) is 0 Å². The number of sulfonamides is 1. The highest BCUT2D eigenvalue weighted by Crippen LogP contribution is 2.12. The van der Waals surface area contributed by atoms with Crippen molar-refractivity contribution >= 4 is 21.8 Å². The number of nitrogens with one attached hydrogen (secondary N) is 1. The number of nitriles is 1. The Morgan fingerprint density at radius 1 is 1.67 bits per heavy atom. The van der Waals surface area contributed by atoms with Gasteiger partial charge in [0, 0.05) is 13.2 Å². The van der Waals surface area contributed by atoms with Crippen LogP contribution in [0.1, 0.15) is 12.5 Å². The lowest BCUT2D eigenvalue weighted by Crippen LogP contribution is -2.25. The molecule has 0 aliphatic rings. The van der Waals surface area contributed by atoms with Crippen LogP contribution in [0.15, 0.2) is 6.20 Å². The summed E-state index contributed by atoms with van der Waals surface area (Å²) < 4.78 is 31.1. The monoisotopic (exact) mass is 272 g/mol. The number of carbonyl (C=O) groups is 1. The Morgan fingerprint density at radius 3 is 2.89 bits per heavy atom. The molecule has 1 N–H and O–H groups in total. The summed E-state index contributed by atoms with van der Waals surface area (Å²) in [6, 6.07) is 1.79. The molecule has 0 atom stereocenters. The molecule has 18 heavy (non-hydrogen) atoms. The Balaban J connectivity index is 2.83. The lowest BCUT2D eigenvalue weighted by atomic mass is 10.4. The van der Waals surface area contributed by atoms with E-state index in [2.05, 4.69) is 14.6 Å². The van der Waals surface area contributed by atoms with Gasteiger partial charge in [-0.2, -0.15) is 10.4 Å². The summed E-state index contributed by atoms with van der Waals surface area (Å²) in [7, 11) is -2.38. The van der Waals surface area contributed by atoms with E-state index in [1.54, 1.807) is 20.0 Å². The van der Waals surface area contributed by atoms with Crippen LogP contribution in [0, 0.1) is 11.3 Å². The summed E-state index contributed by atoms with van der Waals surface area (Å²) in [6.45, 7) is 1.67. The van der Waals surface area contributed by atoms with Crippen LogP contribution in [-0.4, -0.2) is 36.5 Å². The molecule has 0 amide bonds. The zero-order valence-corrected chi connectivity index (χ0v) is 10.7. The summed E-state index contributed by atoms with van der Waals surface area (Å²) in [5.74, 6) is -1.79. The van der Waals surface area contributed by atoms with Crippen LogP contribution in [-0.2, 0) is 26.6 Å². The molecule has 0 saturated carbocycles. The highest BCUT2D eigenvalue weighted by atomic mass is 32.2. The standard InChI is InChI=1S/C9H12N4O4S/c1-3-17-8(14)6-18(15,16)12-9-7(4-10)5-13(2)11-9/h5H,3,6H2,1-2H3,(H,11,12). The number of esters is 1. The quantitative estimate of drug-likeness (QED) is 0.729. The largest absolute Gasteiger partial charge is 0.465 e. The number of aryl methyl sites for hydroxylation is 1. The minimum absolute atomic E-state index is 0.0740. The molecule has 0 spiro atoms. The smallest absolute Gasteiger partial charge is 0.323 e.